The first-order valence-corrected chi connectivity index (χ1v) is 5.45. The topological polar surface area (TPSA) is 84.1 Å². The molecule has 0 saturated carbocycles. The average Bonchev–Trinajstić information content (AvgIpc) is 2.94. The third-order valence-electron chi connectivity index (χ3n) is 2.36. The summed E-state index contributed by atoms with van der Waals surface area (Å²) in [5.74, 6) is -0.0158. The highest BCUT2D eigenvalue weighted by Gasteiger charge is 2.07. The summed E-state index contributed by atoms with van der Waals surface area (Å²) >= 11 is 0. The lowest BCUT2D eigenvalue weighted by atomic mass is 10.2. The van der Waals surface area contributed by atoms with Crippen LogP contribution < -0.4 is 10.2 Å². The van der Waals surface area contributed by atoms with E-state index in [1.165, 1.54) is 25.7 Å². The van der Waals surface area contributed by atoms with Crippen molar-refractivity contribution in [1.82, 2.24) is 5.43 Å². The SMILES string of the molecule is COc1cccc(/C=N/NC(=O)c2ccco2)c1O. The Labute approximate surface area is 109 Å². The van der Waals surface area contributed by atoms with Crippen LogP contribution in [0, 0.1) is 0 Å². The molecule has 0 unspecified atom stereocenters. The normalized spacial score (nSPS) is 10.6. The van der Waals surface area contributed by atoms with Crippen molar-refractivity contribution in [1.29, 1.82) is 0 Å². The van der Waals surface area contributed by atoms with Crippen LogP contribution in [-0.2, 0) is 0 Å². The summed E-state index contributed by atoms with van der Waals surface area (Å²) in [7, 11) is 1.45. The van der Waals surface area contributed by atoms with Gasteiger partial charge in [0.1, 0.15) is 0 Å². The van der Waals surface area contributed by atoms with Gasteiger partial charge in [0, 0.05) is 5.56 Å². The number of para-hydroxylation sites is 1. The molecule has 1 aromatic carbocycles. The van der Waals surface area contributed by atoms with Crippen LogP contribution in [0.5, 0.6) is 11.5 Å². The first-order chi connectivity index (χ1) is 9.22. The van der Waals surface area contributed by atoms with Crippen LogP contribution in [0.3, 0.4) is 0 Å². The maximum atomic E-state index is 11.5. The van der Waals surface area contributed by atoms with Gasteiger partial charge in [-0.2, -0.15) is 5.10 Å². The van der Waals surface area contributed by atoms with Crippen LogP contribution in [0.15, 0.2) is 46.1 Å². The molecule has 0 bridgehead atoms. The summed E-state index contributed by atoms with van der Waals surface area (Å²) in [4.78, 5) is 11.5. The van der Waals surface area contributed by atoms with E-state index in [4.69, 9.17) is 9.15 Å². The van der Waals surface area contributed by atoms with Crippen molar-refractivity contribution in [2.45, 2.75) is 0 Å². The molecule has 0 spiro atoms. The minimum Gasteiger partial charge on any atom is -0.504 e. The Morgan fingerprint density at radius 1 is 1.42 bits per heavy atom. The number of nitrogens with zero attached hydrogens (tertiary/aromatic N) is 1. The fourth-order valence-corrected chi connectivity index (χ4v) is 1.43. The first-order valence-electron chi connectivity index (χ1n) is 5.45. The molecule has 0 aliphatic heterocycles. The molecular weight excluding hydrogens is 248 g/mol. The lowest BCUT2D eigenvalue weighted by Crippen LogP contribution is -2.16. The van der Waals surface area contributed by atoms with Gasteiger partial charge in [-0.05, 0) is 24.3 Å². The number of rotatable bonds is 4. The number of carbonyl (C=O) groups is 1. The smallest absolute Gasteiger partial charge is 0.307 e. The number of benzene rings is 1. The third-order valence-corrected chi connectivity index (χ3v) is 2.36. The van der Waals surface area contributed by atoms with E-state index in [9.17, 15) is 9.90 Å². The number of furan rings is 1. The second-order valence-corrected chi connectivity index (χ2v) is 3.57. The number of phenolic OH excluding ortho intramolecular Hbond substituents is 1. The minimum absolute atomic E-state index is 0.0407. The molecule has 1 amide bonds. The number of hydrogen-bond donors (Lipinski definition) is 2. The molecule has 2 N–H and O–H groups in total. The molecule has 0 atom stereocenters. The van der Waals surface area contributed by atoms with Crippen LogP contribution in [0.2, 0.25) is 0 Å². The first kappa shape index (κ1) is 12.7. The summed E-state index contributed by atoms with van der Waals surface area (Å²) in [6.45, 7) is 0. The molecule has 0 fully saturated rings. The predicted molar refractivity (Wildman–Crippen MR) is 68.4 cm³/mol. The highest BCUT2D eigenvalue weighted by molar-refractivity contribution is 5.92. The van der Waals surface area contributed by atoms with Crippen molar-refractivity contribution in [3.05, 3.63) is 47.9 Å². The summed E-state index contributed by atoms with van der Waals surface area (Å²) in [5, 5.41) is 13.5. The molecule has 6 nitrogen and oxygen atoms in total. The van der Waals surface area contributed by atoms with Gasteiger partial charge in [0.15, 0.2) is 17.3 Å². The van der Waals surface area contributed by atoms with Crippen molar-refractivity contribution in [3.8, 4) is 11.5 Å². The number of phenols is 1. The number of methoxy groups -OCH3 is 1. The number of ether oxygens (including phenoxy) is 1. The number of nitrogens with one attached hydrogen (secondary N) is 1. The molecule has 0 aliphatic carbocycles. The van der Waals surface area contributed by atoms with Crippen molar-refractivity contribution in [3.63, 3.8) is 0 Å². The van der Waals surface area contributed by atoms with E-state index >= 15 is 0 Å². The standard InChI is InChI=1S/C13H12N2O4/c1-18-10-5-2-4-9(12(10)16)8-14-15-13(17)11-6-3-7-19-11/h2-8,16H,1H3,(H,15,17)/b14-8+. The Morgan fingerprint density at radius 3 is 2.95 bits per heavy atom. The van der Waals surface area contributed by atoms with Crippen LogP contribution in [0.4, 0.5) is 0 Å². The van der Waals surface area contributed by atoms with Gasteiger partial charge in [-0.3, -0.25) is 4.79 Å². The van der Waals surface area contributed by atoms with Gasteiger partial charge in [0.2, 0.25) is 0 Å². The van der Waals surface area contributed by atoms with Gasteiger partial charge in [-0.1, -0.05) is 6.07 Å². The Balaban J connectivity index is 2.05. The van der Waals surface area contributed by atoms with Crippen LogP contribution in [-0.4, -0.2) is 24.3 Å². The number of carbonyl (C=O) groups excluding carboxylic acids is 1. The molecule has 1 aromatic heterocycles. The highest BCUT2D eigenvalue weighted by Crippen LogP contribution is 2.27. The highest BCUT2D eigenvalue weighted by atomic mass is 16.5. The van der Waals surface area contributed by atoms with Gasteiger partial charge in [0.25, 0.3) is 0 Å². The average molecular weight is 260 g/mol. The van der Waals surface area contributed by atoms with Gasteiger partial charge in [-0.15, -0.1) is 0 Å². The molecule has 6 heteroatoms. The van der Waals surface area contributed by atoms with E-state index in [1.54, 1.807) is 24.3 Å². The van der Waals surface area contributed by atoms with E-state index in [2.05, 4.69) is 10.5 Å². The van der Waals surface area contributed by atoms with Crippen LogP contribution in [0.1, 0.15) is 16.1 Å². The van der Waals surface area contributed by atoms with Crippen molar-refractivity contribution >= 4 is 12.1 Å². The Bertz CT molecular complexity index is 591. The quantitative estimate of drug-likeness (QED) is 0.648. The summed E-state index contributed by atoms with van der Waals surface area (Å²) in [5.41, 5.74) is 2.71. The zero-order chi connectivity index (χ0) is 13.7. The van der Waals surface area contributed by atoms with E-state index in [1.807, 2.05) is 0 Å². The second kappa shape index (κ2) is 5.72. The Morgan fingerprint density at radius 2 is 2.26 bits per heavy atom. The van der Waals surface area contributed by atoms with E-state index < -0.39 is 5.91 Å². The van der Waals surface area contributed by atoms with Crippen molar-refractivity contribution in [2.24, 2.45) is 5.10 Å². The summed E-state index contributed by atoms with van der Waals surface area (Å²) < 4.78 is 9.86. The van der Waals surface area contributed by atoms with Crippen molar-refractivity contribution < 1.29 is 19.1 Å². The maximum Gasteiger partial charge on any atom is 0.307 e. The fraction of sp³-hybridized carbons (Fsp3) is 0.0769. The van der Waals surface area contributed by atoms with Gasteiger partial charge in [-0.25, -0.2) is 5.43 Å². The predicted octanol–water partition coefficient (Wildman–Crippen LogP) is 1.76. The molecule has 0 radical (unpaired) electrons. The maximum absolute atomic E-state index is 11.5. The summed E-state index contributed by atoms with van der Waals surface area (Å²) in [6, 6.07) is 8.09. The van der Waals surface area contributed by atoms with Crippen LogP contribution >= 0.6 is 0 Å². The third kappa shape index (κ3) is 2.92. The summed E-state index contributed by atoms with van der Waals surface area (Å²) in [6.07, 6.45) is 2.71. The van der Waals surface area contributed by atoms with E-state index in [0.717, 1.165) is 0 Å². The molecule has 2 aromatic rings. The van der Waals surface area contributed by atoms with E-state index in [-0.39, 0.29) is 11.5 Å². The fourth-order valence-electron chi connectivity index (χ4n) is 1.43. The largest absolute Gasteiger partial charge is 0.504 e. The second-order valence-electron chi connectivity index (χ2n) is 3.57. The molecular formula is C13H12N2O4. The molecule has 98 valence electrons. The Kier molecular flexibility index (Phi) is 3.82. The monoisotopic (exact) mass is 260 g/mol. The zero-order valence-corrected chi connectivity index (χ0v) is 10.2. The van der Waals surface area contributed by atoms with Gasteiger partial charge >= 0.3 is 5.91 Å². The minimum atomic E-state index is -0.469. The molecule has 0 saturated heterocycles. The Hall–Kier alpha value is -2.76. The van der Waals surface area contributed by atoms with Crippen molar-refractivity contribution in [2.75, 3.05) is 7.11 Å². The lowest BCUT2D eigenvalue weighted by Gasteiger charge is -2.04. The van der Waals surface area contributed by atoms with Gasteiger partial charge in [0.05, 0.1) is 19.6 Å². The number of hydrazone groups is 1. The van der Waals surface area contributed by atoms with E-state index in [0.29, 0.717) is 11.3 Å². The molecule has 2 rings (SSSR count). The molecule has 19 heavy (non-hydrogen) atoms. The zero-order valence-electron chi connectivity index (χ0n) is 10.2. The number of hydrogen-bond acceptors (Lipinski definition) is 5. The molecule has 1 heterocycles. The van der Waals surface area contributed by atoms with Crippen LogP contribution in [0.25, 0.3) is 0 Å². The molecule has 0 aliphatic rings. The lowest BCUT2D eigenvalue weighted by molar-refractivity contribution is 0.0927. The number of amides is 1. The number of aromatic hydroxyl groups is 1. The van der Waals surface area contributed by atoms with Gasteiger partial charge < -0.3 is 14.3 Å².